The number of aliphatic hydroxyl groups is 6. The first-order chi connectivity index (χ1) is 5.54. The monoisotopic (exact) mass is 194 g/mol. The zero-order valence-electron chi connectivity index (χ0n) is 6.91. The molecule has 0 saturated heterocycles. The molecule has 0 aromatic rings. The Bertz CT molecular complexity index is 106. The summed E-state index contributed by atoms with van der Waals surface area (Å²) >= 11 is 0. The largest absolute Gasteiger partial charge is 0.394 e. The Hall–Kier alpha value is -0.240. The van der Waals surface area contributed by atoms with E-state index >= 15 is 0 Å². The Morgan fingerprint density at radius 1 is 0.692 bits per heavy atom. The van der Waals surface area contributed by atoms with Gasteiger partial charge in [-0.25, -0.2) is 0 Å². The molecule has 6 heteroatoms. The molecule has 0 saturated carbocycles. The van der Waals surface area contributed by atoms with Gasteiger partial charge in [0.1, 0.15) is 24.4 Å². The van der Waals surface area contributed by atoms with E-state index in [0.717, 1.165) is 0 Å². The van der Waals surface area contributed by atoms with Gasteiger partial charge in [-0.3, -0.25) is 0 Å². The zero-order chi connectivity index (χ0) is 9.72. The summed E-state index contributed by atoms with van der Waals surface area (Å²) in [6.07, 6.45) is -6.39. The first kappa shape index (κ1) is 15.2. The van der Waals surface area contributed by atoms with Crippen LogP contribution in [0.25, 0.3) is 0 Å². The molecule has 0 amide bonds. The molecule has 0 bridgehead atoms. The van der Waals surface area contributed by atoms with Crippen LogP contribution in [-0.4, -0.2) is 68.3 Å². The predicted molar refractivity (Wildman–Crippen MR) is 41.4 cm³/mol. The van der Waals surface area contributed by atoms with Gasteiger partial charge in [-0.1, -0.05) is 0 Å². The van der Waals surface area contributed by atoms with Gasteiger partial charge in [0.15, 0.2) is 0 Å². The van der Waals surface area contributed by atoms with Gasteiger partial charge in [-0.05, 0) is 0 Å². The van der Waals surface area contributed by atoms with Crippen molar-refractivity contribution in [3.63, 3.8) is 0 Å². The summed E-state index contributed by atoms with van der Waals surface area (Å²) in [5.74, 6) is 0. The van der Waals surface area contributed by atoms with Crippen molar-refractivity contribution in [1.82, 2.24) is 0 Å². The van der Waals surface area contributed by atoms with E-state index in [1.807, 2.05) is 0 Å². The Balaban J connectivity index is 0. The van der Waals surface area contributed by atoms with Crippen LogP contribution in [0.15, 0.2) is 0 Å². The summed E-state index contributed by atoms with van der Waals surface area (Å²) < 4.78 is 0. The molecule has 0 unspecified atom stereocenters. The molecule has 0 aliphatic heterocycles. The quantitative estimate of drug-likeness (QED) is 0.270. The molecule has 0 heterocycles. The highest BCUT2D eigenvalue weighted by atomic mass is 16.4. The highest BCUT2D eigenvalue weighted by Gasteiger charge is 2.29. The molecular formula is C7H14O6. The van der Waals surface area contributed by atoms with Gasteiger partial charge in [0.25, 0.3) is 0 Å². The molecule has 6 N–H and O–H groups in total. The van der Waals surface area contributed by atoms with E-state index in [9.17, 15) is 0 Å². The number of hydrogen-bond acceptors (Lipinski definition) is 6. The van der Waals surface area contributed by atoms with Crippen LogP contribution in [0.2, 0.25) is 0 Å². The van der Waals surface area contributed by atoms with Crippen LogP contribution in [0, 0.1) is 7.43 Å². The van der Waals surface area contributed by atoms with Crippen molar-refractivity contribution >= 4 is 0 Å². The second kappa shape index (κ2) is 7.19. The Morgan fingerprint density at radius 2 is 0.923 bits per heavy atom. The van der Waals surface area contributed by atoms with Gasteiger partial charge >= 0.3 is 0 Å². The van der Waals surface area contributed by atoms with Crippen molar-refractivity contribution in [3.8, 4) is 0 Å². The molecule has 0 aromatic heterocycles. The van der Waals surface area contributed by atoms with Crippen molar-refractivity contribution in [2.75, 3.05) is 13.2 Å². The highest BCUT2D eigenvalue weighted by Crippen LogP contribution is 2.03. The van der Waals surface area contributed by atoms with Crippen LogP contribution in [0.5, 0.6) is 0 Å². The van der Waals surface area contributed by atoms with Crippen molar-refractivity contribution in [2.24, 2.45) is 0 Å². The molecule has 13 heavy (non-hydrogen) atoms. The van der Waals surface area contributed by atoms with Crippen LogP contribution >= 0.6 is 0 Å². The van der Waals surface area contributed by atoms with Crippen molar-refractivity contribution in [1.29, 1.82) is 0 Å². The van der Waals surface area contributed by atoms with E-state index in [2.05, 4.69) is 0 Å². The summed E-state index contributed by atoms with van der Waals surface area (Å²) in [6.45, 7) is -1.45. The molecule has 0 rings (SSSR count). The van der Waals surface area contributed by atoms with Crippen LogP contribution in [-0.2, 0) is 0 Å². The fraction of sp³-hybridized carbons (Fsp3) is 0.857. The Kier molecular flexibility index (Phi) is 8.43. The summed E-state index contributed by atoms with van der Waals surface area (Å²) in [6, 6.07) is 0. The van der Waals surface area contributed by atoms with Gasteiger partial charge in [0.2, 0.25) is 0 Å². The maximum absolute atomic E-state index is 8.96. The third-order valence-corrected chi connectivity index (χ3v) is 1.51. The first-order valence-electron chi connectivity index (χ1n) is 3.48. The van der Waals surface area contributed by atoms with E-state index in [1.165, 1.54) is 0 Å². The van der Waals surface area contributed by atoms with E-state index < -0.39 is 37.6 Å². The number of hydrogen-bond donors (Lipinski definition) is 6. The third-order valence-electron chi connectivity index (χ3n) is 1.51. The average Bonchev–Trinajstić information content (AvgIpc) is 2.12. The molecule has 0 aromatic carbocycles. The normalized spacial score (nSPS) is 19.8. The van der Waals surface area contributed by atoms with Crippen molar-refractivity contribution in [3.05, 3.63) is 7.43 Å². The molecule has 78 valence electrons. The lowest BCUT2D eigenvalue weighted by molar-refractivity contribution is -0.123. The lowest BCUT2D eigenvalue weighted by Crippen LogP contribution is -2.46. The van der Waals surface area contributed by atoms with Gasteiger partial charge in [-0.15, -0.1) is 0 Å². The molecule has 6 nitrogen and oxygen atoms in total. The van der Waals surface area contributed by atoms with E-state index in [1.54, 1.807) is 0 Å². The summed E-state index contributed by atoms with van der Waals surface area (Å²) in [5, 5.41) is 52.2. The van der Waals surface area contributed by atoms with Crippen LogP contribution < -0.4 is 0 Å². The lowest BCUT2D eigenvalue weighted by Gasteiger charge is -2.24. The molecule has 0 aliphatic rings. The van der Waals surface area contributed by atoms with Crippen LogP contribution in [0.3, 0.4) is 0 Å². The minimum atomic E-state index is -1.67. The van der Waals surface area contributed by atoms with Gasteiger partial charge in [0, 0.05) is 7.43 Å². The second-order valence-electron chi connectivity index (χ2n) is 2.48. The molecule has 0 aliphatic carbocycles. The molecular weight excluding hydrogens is 180 g/mol. The van der Waals surface area contributed by atoms with E-state index in [0.29, 0.717) is 0 Å². The fourth-order valence-corrected chi connectivity index (χ4v) is 0.671. The standard InChI is InChI=1S/C6H14O6.C/c7-1-3(9)5(11)6(12)4(10)2-8;/h3-12H,1-2H2;/t3-,4+,5-,6-;/m1./s1. The minimum absolute atomic E-state index is 0. The van der Waals surface area contributed by atoms with Gasteiger partial charge < -0.3 is 30.6 Å². The molecule has 0 spiro atoms. The van der Waals surface area contributed by atoms with Gasteiger partial charge in [-0.2, -0.15) is 0 Å². The summed E-state index contributed by atoms with van der Waals surface area (Å²) in [5.41, 5.74) is 0. The Morgan fingerprint density at radius 3 is 1.08 bits per heavy atom. The SMILES string of the molecule is OC[C@@H](O)[C@@H](O)[C@H](O)[C@@H](O)CO.[C]. The van der Waals surface area contributed by atoms with Crippen LogP contribution in [0.4, 0.5) is 0 Å². The lowest BCUT2D eigenvalue weighted by atomic mass is 10.0. The van der Waals surface area contributed by atoms with Crippen molar-refractivity contribution < 1.29 is 30.6 Å². The zero-order valence-corrected chi connectivity index (χ0v) is 6.91. The average molecular weight is 194 g/mol. The summed E-state index contributed by atoms with van der Waals surface area (Å²) in [4.78, 5) is 0. The maximum atomic E-state index is 8.96. The van der Waals surface area contributed by atoms with Crippen molar-refractivity contribution in [2.45, 2.75) is 24.4 Å². The van der Waals surface area contributed by atoms with E-state index in [-0.39, 0.29) is 7.43 Å². The Labute approximate surface area is 76.7 Å². The second-order valence-corrected chi connectivity index (χ2v) is 2.48. The van der Waals surface area contributed by atoms with Gasteiger partial charge in [0.05, 0.1) is 13.2 Å². The predicted octanol–water partition coefficient (Wildman–Crippen LogP) is -3.50. The minimum Gasteiger partial charge on any atom is -0.394 e. The topological polar surface area (TPSA) is 121 Å². The first-order valence-corrected chi connectivity index (χ1v) is 3.48. The maximum Gasteiger partial charge on any atom is 0.111 e. The van der Waals surface area contributed by atoms with Crippen LogP contribution in [0.1, 0.15) is 0 Å². The number of rotatable bonds is 5. The number of aliphatic hydroxyl groups excluding tert-OH is 6. The summed E-state index contributed by atoms with van der Waals surface area (Å²) in [7, 11) is 0. The fourth-order valence-electron chi connectivity index (χ4n) is 0.671. The third kappa shape index (κ3) is 4.51. The van der Waals surface area contributed by atoms with E-state index in [4.69, 9.17) is 30.6 Å². The molecule has 4 radical (unpaired) electrons. The highest BCUT2D eigenvalue weighted by molar-refractivity contribution is 4.79. The smallest absolute Gasteiger partial charge is 0.111 e. The molecule has 0 fully saturated rings. The molecule has 4 atom stereocenters.